The van der Waals surface area contributed by atoms with Gasteiger partial charge < -0.3 is 15.4 Å². The molecule has 7 heteroatoms. The fraction of sp³-hybridized carbons (Fsp3) is 0.812. The molecule has 0 radical (unpaired) electrons. The number of carbonyl (C=O) groups is 3. The lowest BCUT2D eigenvalue weighted by Gasteiger charge is -2.38. The fourth-order valence-corrected chi connectivity index (χ4v) is 2.59. The molecule has 0 aliphatic carbocycles. The summed E-state index contributed by atoms with van der Waals surface area (Å²) in [4.78, 5) is 37.2. The lowest BCUT2D eigenvalue weighted by atomic mass is 9.94. The minimum atomic E-state index is -0.427. The number of nitrogens with one attached hydrogen (secondary N) is 2. The van der Waals surface area contributed by atoms with Gasteiger partial charge in [-0.2, -0.15) is 0 Å². The highest BCUT2D eigenvalue weighted by atomic mass is 16.5. The lowest BCUT2D eigenvalue weighted by Crippen LogP contribution is -2.58. The maximum atomic E-state index is 12.1. The summed E-state index contributed by atoms with van der Waals surface area (Å²) in [5.41, 5.74) is 0.0624. The molecule has 0 saturated carbocycles. The molecule has 132 valence electrons. The van der Waals surface area contributed by atoms with Crippen molar-refractivity contribution in [3.05, 3.63) is 0 Å². The molecular weight excluding hydrogens is 298 g/mol. The van der Waals surface area contributed by atoms with Gasteiger partial charge >= 0.3 is 5.97 Å². The zero-order chi connectivity index (χ0) is 17.5. The van der Waals surface area contributed by atoms with Gasteiger partial charge in [-0.05, 0) is 11.8 Å². The first-order valence-corrected chi connectivity index (χ1v) is 8.08. The Morgan fingerprint density at radius 3 is 2.70 bits per heavy atom. The van der Waals surface area contributed by atoms with Gasteiger partial charge in [0.2, 0.25) is 11.8 Å². The number of nitrogens with zero attached hydrogens (tertiary/aromatic N) is 1. The number of hydrogen-bond acceptors (Lipinski definition) is 5. The number of methoxy groups -OCH3 is 1. The number of piperazine rings is 1. The first kappa shape index (κ1) is 19.4. The first-order chi connectivity index (χ1) is 10.7. The second-order valence-electron chi connectivity index (χ2n) is 7.07. The van der Waals surface area contributed by atoms with Crippen LogP contribution in [0.3, 0.4) is 0 Å². The summed E-state index contributed by atoms with van der Waals surface area (Å²) in [6.07, 6.45) is 0.942. The number of hydrogen-bond donors (Lipinski definition) is 2. The van der Waals surface area contributed by atoms with E-state index in [2.05, 4.69) is 41.0 Å². The van der Waals surface area contributed by atoms with Gasteiger partial charge in [0.25, 0.3) is 0 Å². The van der Waals surface area contributed by atoms with Crippen molar-refractivity contribution in [2.75, 3.05) is 33.3 Å². The Balaban J connectivity index is 2.45. The highest BCUT2D eigenvalue weighted by molar-refractivity contribution is 5.88. The summed E-state index contributed by atoms with van der Waals surface area (Å²) < 4.78 is 4.54. The Morgan fingerprint density at radius 1 is 1.39 bits per heavy atom. The van der Waals surface area contributed by atoms with Gasteiger partial charge in [0.05, 0.1) is 19.6 Å². The van der Waals surface area contributed by atoms with Crippen molar-refractivity contribution in [3.63, 3.8) is 0 Å². The van der Waals surface area contributed by atoms with Crippen LogP contribution in [-0.2, 0) is 19.1 Å². The van der Waals surface area contributed by atoms with Gasteiger partial charge in [-0.1, -0.05) is 20.8 Å². The Kier molecular flexibility index (Phi) is 7.48. The van der Waals surface area contributed by atoms with Crippen LogP contribution in [0.25, 0.3) is 0 Å². The Labute approximate surface area is 138 Å². The highest BCUT2D eigenvalue weighted by Crippen LogP contribution is 2.19. The van der Waals surface area contributed by atoms with Crippen molar-refractivity contribution in [1.29, 1.82) is 0 Å². The molecule has 0 aromatic heterocycles. The summed E-state index contributed by atoms with van der Waals surface area (Å²) in [6, 6.07) is -0.427. The van der Waals surface area contributed by atoms with E-state index in [0.717, 1.165) is 13.1 Å². The van der Waals surface area contributed by atoms with E-state index in [-0.39, 0.29) is 36.0 Å². The molecule has 0 aromatic rings. The first-order valence-electron chi connectivity index (χ1n) is 8.08. The van der Waals surface area contributed by atoms with E-state index in [1.54, 1.807) is 0 Å². The molecule has 1 aliphatic heterocycles. The molecule has 7 nitrogen and oxygen atoms in total. The van der Waals surface area contributed by atoms with E-state index in [1.165, 1.54) is 7.11 Å². The molecular formula is C16H29N3O4. The highest BCUT2D eigenvalue weighted by Gasteiger charge is 2.33. The van der Waals surface area contributed by atoms with Crippen molar-refractivity contribution >= 4 is 17.8 Å². The predicted molar refractivity (Wildman–Crippen MR) is 86.7 cm³/mol. The molecule has 0 aromatic carbocycles. The van der Waals surface area contributed by atoms with Gasteiger partial charge in [-0.25, -0.2) is 0 Å². The van der Waals surface area contributed by atoms with Crippen LogP contribution in [0.4, 0.5) is 0 Å². The van der Waals surface area contributed by atoms with E-state index in [4.69, 9.17) is 0 Å². The molecule has 1 fully saturated rings. The van der Waals surface area contributed by atoms with Crippen molar-refractivity contribution in [2.45, 2.75) is 46.1 Å². The van der Waals surface area contributed by atoms with Gasteiger partial charge in [0.15, 0.2) is 0 Å². The second-order valence-corrected chi connectivity index (χ2v) is 7.07. The SMILES string of the molecule is COC(=O)CCCNC(=O)CC1C(=O)NCCN1CC(C)(C)C. The molecule has 1 saturated heterocycles. The molecule has 1 unspecified atom stereocenters. The third-order valence-corrected chi connectivity index (χ3v) is 3.61. The molecule has 23 heavy (non-hydrogen) atoms. The summed E-state index contributed by atoms with van der Waals surface area (Å²) in [5, 5.41) is 5.58. The van der Waals surface area contributed by atoms with Crippen LogP contribution < -0.4 is 10.6 Å². The molecule has 1 atom stereocenters. The molecule has 1 rings (SSSR count). The minimum Gasteiger partial charge on any atom is -0.469 e. The van der Waals surface area contributed by atoms with Crippen molar-refractivity contribution < 1.29 is 19.1 Å². The fourth-order valence-electron chi connectivity index (χ4n) is 2.59. The Bertz CT molecular complexity index is 432. The number of esters is 1. The topological polar surface area (TPSA) is 87.7 Å². The average molecular weight is 327 g/mol. The molecule has 0 bridgehead atoms. The molecule has 1 heterocycles. The van der Waals surface area contributed by atoms with E-state index in [0.29, 0.717) is 19.5 Å². The van der Waals surface area contributed by atoms with E-state index in [9.17, 15) is 14.4 Å². The Hall–Kier alpha value is -1.63. The smallest absolute Gasteiger partial charge is 0.305 e. The van der Waals surface area contributed by atoms with E-state index in [1.807, 2.05) is 0 Å². The van der Waals surface area contributed by atoms with Crippen LogP contribution in [-0.4, -0.2) is 62.0 Å². The van der Waals surface area contributed by atoms with Gasteiger partial charge in [0.1, 0.15) is 0 Å². The normalized spacial score (nSPS) is 19.1. The molecule has 0 spiro atoms. The van der Waals surface area contributed by atoms with Crippen molar-refractivity contribution in [3.8, 4) is 0 Å². The van der Waals surface area contributed by atoms with Crippen LogP contribution in [0.1, 0.15) is 40.0 Å². The number of ether oxygens (including phenoxy) is 1. The molecule has 2 N–H and O–H groups in total. The standard InChI is InChI=1S/C16H29N3O4/c1-16(2,3)11-19-9-8-18-15(22)12(19)10-13(20)17-7-5-6-14(21)23-4/h12H,5-11H2,1-4H3,(H,17,20)(H,18,22). The summed E-state index contributed by atoms with van der Waals surface area (Å²) in [6.45, 7) is 8.88. The third-order valence-electron chi connectivity index (χ3n) is 3.61. The van der Waals surface area contributed by atoms with Crippen LogP contribution in [0.5, 0.6) is 0 Å². The third kappa shape index (κ3) is 7.45. The van der Waals surface area contributed by atoms with Crippen LogP contribution in [0, 0.1) is 5.41 Å². The maximum absolute atomic E-state index is 12.1. The largest absolute Gasteiger partial charge is 0.469 e. The predicted octanol–water partition coefficient (Wildman–Crippen LogP) is 0.292. The Morgan fingerprint density at radius 2 is 2.09 bits per heavy atom. The number of rotatable bonds is 7. The molecule has 1 aliphatic rings. The average Bonchev–Trinajstić information content (AvgIpc) is 2.45. The monoisotopic (exact) mass is 327 g/mol. The lowest BCUT2D eigenvalue weighted by molar-refractivity contribution is -0.140. The minimum absolute atomic E-state index is 0.0624. The summed E-state index contributed by atoms with van der Waals surface area (Å²) in [7, 11) is 1.34. The number of carbonyl (C=O) groups excluding carboxylic acids is 3. The zero-order valence-corrected chi connectivity index (χ0v) is 14.6. The summed E-state index contributed by atoms with van der Waals surface area (Å²) in [5.74, 6) is -0.553. The maximum Gasteiger partial charge on any atom is 0.305 e. The quantitative estimate of drug-likeness (QED) is 0.518. The van der Waals surface area contributed by atoms with E-state index >= 15 is 0 Å². The van der Waals surface area contributed by atoms with Crippen LogP contribution >= 0.6 is 0 Å². The summed E-state index contributed by atoms with van der Waals surface area (Å²) >= 11 is 0. The van der Waals surface area contributed by atoms with Gasteiger partial charge in [-0.3, -0.25) is 19.3 Å². The van der Waals surface area contributed by atoms with Crippen molar-refractivity contribution in [1.82, 2.24) is 15.5 Å². The molecule has 2 amide bonds. The number of amides is 2. The van der Waals surface area contributed by atoms with Crippen LogP contribution in [0.15, 0.2) is 0 Å². The second kappa shape index (κ2) is 8.86. The van der Waals surface area contributed by atoms with Crippen molar-refractivity contribution in [2.24, 2.45) is 5.41 Å². The van der Waals surface area contributed by atoms with E-state index < -0.39 is 6.04 Å². The van der Waals surface area contributed by atoms with Gasteiger partial charge in [-0.15, -0.1) is 0 Å². The zero-order valence-electron chi connectivity index (χ0n) is 14.6. The van der Waals surface area contributed by atoms with Crippen LogP contribution in [0.2, 0.25) is 0 Å². The van der Waals surface area contributed by atoms with Gasteiger partial charge in [0, 0.05) is 32.6 Å².